The number of rotatable bonds is 22. The van der Waals surface area contributed by atoms with Crippen LogP contribution in [0.15, 0.2) is 36.4 Å². The maximum atomic E-state index is 11.5. The summed E-state index contributed by atoms with van der Waals surface area (Å²) in [5.41, 5.74) is 1.27. The molecule has 0 amide bonds. The van der Waals surface area contributed by atoms with Crippen LogP contribution in [0.5, 0.6) is 11.5 Å². The molecular weight excluding hydrogens is 568 g/mol. The van der Waals surface area contributed by atoms with Crippen LogP contribution in [0.4, 0.5) is 0 Å². The zero-order chi connectivity index (χ0) is 31.0. The Morgan fingerprint density at radius 2 is 0.977 bits per heavy atom. The number of hydrogen-bond donors (Lipinski definition) is 2. The molecule has 0 aliphatic rings. The number of unbranched alkanes of at least 4 members (excludes halogenated alkanes) is 16. The molecule has 0 unspecified atom stereocenters. The number of aromatic hydroxyl groups is 1. The monoisotopic (exact) mass is 622 g/mol. The van der Waals surface area contributed by atoms with Gasteiger partial charge in [-0.1, -0.05) is 153 Å². The van der Waals surface area contributed by atoms with Crippen LogP contribution in [0.1, 0.15) is 161 Å². The first kappa shape index (κ1) is 41.2. The van der Waals surface area contributed by atoms with Crippen LogP contribution < -0.4 is 10.2 Å². The second-order valence-corrected chi connectivity index (χ2v) is 11.4. The van der Waals surface area contributed by atoms with E-state index in [1.807, 2.05) is 0 Å². The van der Waals surface area contributed by atoms with Crippen LogP contribution in [0.25, 0.3) is 0 Å². The van der Waals surface area contributed by atoms with E-state index in [0.717, 1.165) is 37.7 Å². The summed E-state index contributed by atoms with van der Waals surface area (Å²) in [5.74, 6) is -2.97. The molecule has 0 spiro atoms. The molecule has 2 rings (SSSR count). The molecule has 0 fully saturated rings. The molecule has 6 nitrogen and oxygen atoms in total. The Morgan fingerprint density at radius 3 is 1.37 bits per heavy atom. The minimum absolute atomic E-state index is 0. The molecule has 0 aliphatic heterocycles. The van der Waals surface area contributed by atoms with Gasteiger partial charge in [0.15, 0.2) is 0 Å². The number of hydrogen-bond acceptors (Lipinski definition) is 5. The van der Waals surface area contributed by atoms with Crippen molar-refractivity contribution < 1.29 is 30.0 Å². The maximum Gasteiger partial charge on any atom is 2.00 e. The van der Waals surface area contributed by atoms with E-state index < -0.39 is 17.7 Å². The number of carbonyl (C=O) groups excluding carboxylic acids is 1. The Kier molecular flexibility index (Phi) is 25.5. The van der Waals surface area contributed by atoms with Gasteiger partial charge in [-0.15, -0.1) is 0 Å². The second kappa shape index (κ2) is 26.6. The molecule has 0 aromatic heterocycles. The van der Waals surface area contributed by atoms with Crippen LogP contribution in [0.3, 0.4) is 0 Å². The predicted molar refractivity (Wildman–Crippen MR) is 173 cm³/mol. The summed E-state index contributed by atoms with van der Waals surface area (Å²) in [7, 11) is 0. The topological polar surface area (TPSA) is 121 Å². The van der Waals surface area contributed by atoms with E-state index >= 15 is 0 Å². The molecule has 0 heterocycles. The summed E-state index contributed by atoms with van der Waals surface area (Å²) in [6, 6.07) is 9.57. The number of aromatic carboxylic acids is 2. The fourth-order valence-electron chi connectivity index (χ4n) is 5.31. The van der Waals surface area contributed by atoms with Crippen molar-refractivity contribution in [3.05, 3.63) is 58.7 Å². The fourth-order valence-corrected chi connectivity index (χ4v) is 5.31. The van der Waals surface area contributed by atoms with Crippen molar-refractivity contribution in [3.63, 3.8) is 0 Å². The molecule has 0 aliphatic carbocycles. The van der Waals surface area contributed by atoms with Crippen LogP contribution in [0, 0.1) is 0 Å². The van der Waals surface area contributed by atoms with Crippen molar-refractivity contribution in [1.82, 2.24) is 0 Å². The summed E-state index contributed by atoms with van der Waals surface area (Å²) in [6.45, 7) is 4.45. The molecule has 2 N–H and O–H groups in total. The Balaban J connectivity index is 0.000000802. The van der Waals surface area contributed by atoms with Gasteiger partial charge in [0, 0.05) is 0 Å². The van der Waals surface area contributed by atoms with E-state index in [0.29, 0.717) is 12.0 Å². The Hall–Kier alpha value is -1.76. The van der Waals surface area contributed by atoms with Crippen LogP contribution >= 0.6 is 0 Å². The van der Waals surface area contributed by atoms with E-state index in [4.69, 9.17) is 5.11 Å². The van der Waals surface area contributed by atoms with Crippen molar-refractivity contribution in [2.75, 3.05) is 0 Å². The number of carbonyl (C=O) groups is 2. The summed E-state index contributed by atoms with van der Waals surface area (Å²) in [6.07, 6.45) is 23.6. The first-order valence-electron chi connectivity index (χ1n) is 16.4. The number of carboxylic acids is 2. The number of benzene rings is 2. The Labute approximate surface area is 290 Å². The third-order valence-corrected chi connectivity index (χ3v) is 7.76. The third kappa shape index (κ3) is 18.6. The minimum atomic E-state index is -1.36. The largest absolute Gasteiger partial charge is 2.00 e. The van der Waals surface area contributed by atoms with Gasteiger partial charge in [0.25, 0.3) is 0 Å². The van der Waals surface area contributed by atoms with Crippen molar-refractivity contribution in [1.29, 1.82) is 0 Å². The SMILES string of the molecule is CCCCCCCCCCCc1cccc(O)c1C(=O)O.CCCCCCCCCCCc1cccc([O-])c1C(=O)[O-].[Ca+2]. The quantitative estimate of drug-likeness (QED) is 0.101. The predicted octanol–water partition coefficient (Wildman–Crippen LogP) is 7.98. The fraction of sp³-hybridized carbons (Fsp3) is 0.611. The Bertz CT molecular complexity index is 941. The van der Waals surface area contributed by atoms with Gasteiger partial charge in [-0.25, -0.2) is 4.79 Å². The van der Waals surface area contributed by atoms with E-state index in [9.17, 15) is 24.9 Å². The maximum absolute atomic E-state index is 11.5. The Morgan fingerprint density at radius 1 is 0.605 bits per heavy atom. The van der Waals surface area contributed by atoms with Gasteiger partial charge in [-0.2, -0.15) is 0 Å². The van der Waals surface area contributed by atoms with Gasteiger partial charge in [-0.05, 0) is 48.4 Å². The molecule has 7 heteroatoms. The van der Waals surface area contributed by atoms with E-state index in [-0.39, 0.29) is 54.6 Å². The summed E-state index contributed by atoms with van der Waals surface area (Å²) >= 11 is 0. The zero-order valence-corrected chi connectivity index (χ0v) is 29.0. The molecular formula is C36H54CaO6. The molecule has 2 aromatic rings. The molecule has 236 valence electrons. The minimum Gasteiger partial charge on any atom is -0.872 e. The molecule has 0 atom stereocenters. The van der Waals surface area contributed by atoms with Crippen LogP contribution in [-0.4, -0.2) is 59.9 Å². The van der Waals surface area contributed by atoms with Gasteiger partial charge in [-0.3, -0.25) is 0 Å². The second-order valence-electron chi connectivity index (χ2n) is 11.4. The van der Waals surface area contributed by atoms with E-state index in [1.54, 1.807) is 24.3 Å². The molecule has 2 aromatic carbocycles. The summed E-state index contributed by atoms with van der Waals surface area (Å²) in [5, 5.41) is 41.3. The standard InChI is InChI=1S/2C18H28O3.Ca/c2*1-2-3-4-5-6-7-8-9-10-12-15-13-11-14-16(19)17(15)18(20)21;/h2*11,13-14,19H,2-10,12H2,1H3,(H,20,21);/q;;+2/p-2. The molecule has 0 saturated carbocycles. The summed E-state index contributed by atoms with van der Waals surface area (Å²) < 4.78 is 0. The first-order valence-corrected chi connectivity index (χ1v) is 16.4. The van der Waals surface area contributed by atoms with Gasteiger partial charge in [0.05, 0.1) is 5.97 Å². The van der Waals surface area contributed by atoms with E-state index in [2.05, 4.69) is 13.8 Å². The van der Waals surface area contributed by atoms with Gasteiger partial charge in [0.2, 0.25) is 0 Å². The molecule has 0 bridgehead atoms. The van der Waals surface area contributed by atoms with Gasteiger partial charge in [0.1, 0.15) is 11.3 Å². The summed E-state index contributed by atoms with van der Waals surface area (Å²) in [4.78, 5) is 22.1. The van der Waals surface area contributed by atoms with Crippen molar-refractivity contribution in [3.8, 4) is 11.5 Å². The van der Waals surface area contributed by atoms with Crippen LogP contribution in [-0.2, 0) is 12.8 Å². The smallest absolute Gasteiger partial charge is 0.872 e. The van der Waals surface area contributed by atoms with Crippen molar-refractivity contribution in [2.45, 2.75) is 142 Å². The molecule has 0 radical (unpaired) electrons. The van der Waals surface area contributed by atoms with Gasteiger partial charge >= 0.3 is 43.7 Å². The average Bonchev–Trinajstić information content (AvgIpc) is 2.95. The first-order chi connectivity index (χ1) is 20.3. The number of aryl methyl sites for hydroxylation is 2. The molecule has 0 saturated heterocycles. The van der Waals surface area contributed by atoms with Gasteiger partial charge < -0.3 is 25.2 Å². The van der Waals surface area contributed by atoms with Crippen molar-refractivity contribution in [2.24, 2.45) is 0 Å². The van der Waals surface area contributed by atoms with Crippen LogP contribution in [0.2, 0.25) is 0 Å². The third-order valence-electron chi connectivity index (χ3n) is 7.76. The zero-order valence-electron chi connectivity index (χ0n) is 26.8. The normalized spacial score (nSPS) is 10.5. The number of phenols is 1. The van der Waals surface area contributed by atoms with Crippen molar-refractivity contribution >= 4 is 49.7 Å². The number of carboxylic acid groups (broad SMARTS) is 2. The van der Waals surface area contributed by atoms with E-state index in [1.165, 1.54) is 102 Å². The molecule has 43 heavy (non-hydrogen) atoms. The average molecular weight is 623 g/mol.